The number of rotatable bonds is 4. The Kier molecular flexibility index (Phi) is 5.57. The second-order valence-electron chi connectivity index (χ2n) is 2.00. The van der Waals surface area contributed by atoms with Crippen LogP contribution in [-0.4, -0.2) is 17.8 Å². The van der Waals surface area contributed by atoms with Crippen LogP contribution < -0.4 is 5.73 Å². The zero-order valence-corrected chi connectivity index (χ0v) is 5.88. The highest BCUT2D eigenvalue weighted by molar-refractivity contribution is 4.82. The van der Waals surface area contributed by atoms with Crippen LogP contribution in [0, 0.1) is 0 Å². The number of hydrogen-bond donors (Lipinski definition) is 2. The van der Waals surface area contributed by atoms with E-state index in [4.69, 9.17) is 10.8 Å². The monoisotopic (exact) mass is 129 g/mol. The van der Waals surface area contributed by atoms with E-state index in [1.807, 2.05) is 12.2 Å². The first kappa shape index (κ1) is 8.66. The lowest BCUT2D eigenvalue weighted by molar-refractivity contribution is 0.186. The van der Waals surface area contributed by atoms with E-state index in [1.54, 1.807) is 0 Å². The molecule has 0 aromatic heterocycles. The fourth-order valence-corrected chi connectivity index (χ4v) is 0.516. The van der Waals surface area contributed by atoms with Gasteiger partial charge in [-0.3, -0.25) is 0 Å². The average Bonchev–Trinajstić information content (AvgIpc) is 1.89. The van der Waals surface area contributed by atoms with Crippen molar-refractivity contribution in [3.8, 4) is 0 Å². The molecule has 0 heterocycles. The average molecular weight is 129 g/mol. The number of nitrogens with two attached hydrogens (primary N) is 1. The Morgan fingerprint density at radius 3 is 2.67 bits per heavy atom. The van der Waals surface area contributed by atoms with Gasteiger partial charge in [0.2, 0.25) is 0 Å². The molecule has 0 bridgehead atoms. The fourth-order valence-electron chi connectivity index (χ4n) is 0.516. The number of aliphatic hydroxyl groups excluding tert-OH is 1. The lowest BCUT2D eigenvalue weighted by atomic mass is 10.2. The van der Waals surface area contributed by atoms with Gasteiger partial charge in [0.05, 0.1) is 6.10 Å². The van der Waals surface area contributed by atoms with Gasteiger partial charge in [-0.25, -0.2) is 0 Å². The van der Waals surface area contributed by atoms with Crippen molar-refractivity contribution in [3.63, 3.8) is 0 Å². The predicted molar refractivity (Wildman–Crippen MR) is 39.1 cm³/mol. The van der Waals surface area contributed by atoms with E-state index in [-0.39, 0.29) is 6.10 Å². The number of allylic oxidation sites excluding steroid dienone is 1. The van der Waals surface area contributed by atoms with E-state index in [9.17, 15) is 0 Å². The van der Waals surface area contributed by atoms with Crippen LogP contribution in [-0.2, 0) is 0 Å². The van der Waals surface area contributed by atoms with Gasteiger partial charge in [-0.15, -0.1) is 0 Å². The summed E-state index contributed by atoms with van der Waals surface area (Å²) < 4.78 is 0. The molecule has 1 unspecified atom stereocenters. The van der Waals surface area contributed by atoms with E-state index in [0.29, 0.717) is 13.0 Å². The van der Waals surface area contributed by atoms with Crippen molar-refractivity contribution < 1.29 is 5.11 Å². The summed E-state index contributed by atoms with van der Waals surface area (Å²) >= 11 is 0. The molecule has 0 aliphatic rings. The minimum atomic E-state index is -0.354. The van der Waals surface area contributed by atoms with Gasteiger partial charge < -0.3 is 10.8 Å². The van der Waals surface area contributed by atoms with Gasteiger partial charge in [-0.2, -0.15) is 0 Å². The van der Waals surface area contributed by atoms with Crippen molar-refractivity contribution in [3.05, 3.63) is 12.2 Å². The summed E-state index contributed by atoms with van der Waals surface area (Å²) in [5.74, 6) is 0. The van der Waals surface area contributed by atoms with E-state index < -0.39 is 0 Å². The van der Waals surface area contributed by atoms with Crippen molar-refractivity contribution in [1.82, 2.24) is 0 Å². The molecule has 0 aromatic rings. The van der Waals surface area contributed by atoms with Crippen molar-refractivity contribution >= 4 is 0 Å². The SMILES string of the molecule is CC/C=C/CC(O)CN. The molecule has 2 heteroatoms. The maximum absolute atomic E-state index is 8.91. The molecule has 54 valence electrons. The van der Waals surface area contributed by atoms with Crippen molar-refractivity contribution in [2.75, 3.05) is 6.54 Å². The predicted octanol–water partition coefficient (Wildman–Crippen LogP) is 0.662. The van der Waals surface area contributed by atoms with Crippen molar-refractivity contribution in [1.29, 1.82) is 0 Å². The maximum Gasteiger partial charge on any atom is 0.0696 e. The summed E-state index contributed by atoms with van der Waals surface area (Å²) in [6.45, 7) is 2.42. The zero-order chi connectivity index (χ0) is 7.11. The quantitative estimate of drug-likeness (QED) is 0.548. The van der Waals surface area contributed by atoms with Gasteiger partial charge in [0.25, 0.3) is 0 Å². The number of aliphatic hydroxyl groups is 1. The Labute approximate surface area is 56.4 Å². The first-order chi connectivity index (χ1) is 4.31. The Hall–Kier alpha value is -0.340. The third kappa shape index (κ3) is 5.53. The van der Waals surface area contributed by atoms with Crippen LogP contribution in [0.15, 0.2) is 12.2 Å². The second kappa shape index (κ2) is 5.79. The molecular weight excluding hydrogens is 114 g/mol. The van der Waals surface area contributed by atoms with E-state index >= 15 is 0 Å². The normalized spacial score (nSPS) is 14.6. The molecule has 1 atom stereocenters. The van der Waals surface area contributed by atoms with E-state index in [2.05, 4.69) is 6.92 Å². The molecule has 0 fully saturated rings. The fraction of sp³-hybridized carbons (Fsp3) is 0.714. The number of hydrogen-bond acceptors (Lipinski definition) is 2. The Morgan fingerprint density at radius 1 is 1.56 bits per heavy atom. The molecule has 0 aliphatic carbocycles. The summed E-state index contributed by atoms with van der Waals surface area (Å²) in [6.07, 6.45) is 5.34. The Morgan fingerprint density at radius 2 is 2.22 bits per heavy atom. The summed E-state index contributed by atoms with van der Waals surface area (Å²) in [5, 5.41) is 8.91. The minimum Gasteiger partial charge on any atom is -0.391 e. The smallest absolute Gasteiger partial charge is 0.0696 e. The van der Waals surface area contributed by atoms with E-state index in [1.165, 1.54) is 0 Å². The van der Waals surface area contributed by atoms with Crippen LogP contribution in [0.25, 0.3) is 0 Å². The highest BCUT2D eigenvalue weighted by Crippen LogP contribution is 1.91. The maximum atomic E-state index is 8.91. The molecule has 0 spiro atoms. The standard InChI is InChI=1S/C7H15NO/c1-2-3-4-5-7(9)6-8/h3-4,7,9H,2,5-6,8H2,1H3/b4-3+. The van der Waals surface area contributed by atoms with Gasteiger partial charge >= 0.3 is 0 Å². The van der Waals surface area contributed by atoms with Gasteiger partial charge in [0, 0.05) is 6.54 Å². The van der Waals surface area contributed by atoms with Crippen molar-refractivity contribution in [2.24, 2.45) is 5.73 Å². The lowest BCUT2D eigenvalue weighted by Gasteiger charge is -2.00. The topological polar surface area (TPSA) is 46.2 Å². The largest absolute Gasteiger partial charge is 0.391 e. The van der Waals surface area contributed by atoms with Gasteiger partial charge in [-0.05, 0) is 12.8 Å². The second-order valence-corrected chi connectivity index (χ2v) is 2.00. The van der Waals surface area contributed by atoms with Crippen LogP contribution in [0.1, 0.15) is 19.8 Å². The van der Waals surface area contributed by atoms with Gasteiger partial charge in [0.1, 0.15) is 0 Å². The third-order valence-electron chi connectivity index (χ3n) is 1.08. The van der Waals surface area contributed by atoms with Crippen LogP contribution in [0.5, 0.6) is 0 Å². The summed E-state index contributed by atoms with van der Waals surface area (Å²) in [7, 11) is 0. The molecule has 0 saturated carbocycles. The molecule has 0 aliphatic heterocycles. The van der Waals surface area contributed by atoms with Crippen molar-refractivity contribution in [2.45, 2.75) is 25.9 Å². The highest BCUT2D eigenvalue weighted by Gasteiger charge is 1.94. The Bertz CT molecular complexity index is 81.0. The van der Waals surface area contributed by atoms with Gasteiger partial charge in [-0.1, -0.05) is 19.1 Å². The lowest BCUT2D eigenvalue weighted by Crippen LogP contribution is -2.18. The molecule has 0 radical (unpaired) electrons. The molecule has 3 N–H and O–H groups in total. The molecule has 0 amide bonds. The van der Waals surface area contributed by atoms with Crippen LogP contribution in [0.2, 0.25) is 0 Å². The summed E-state index contributed by atoms with van der Waals surface area (Å²) in [6, 6.07) is 0. The molecular formula is C7H15NO. The van der Waals surface area contributed by atoms with Crippen LogP contribution in [0.3, 0.4) is 0 Å². The molecule has 9 heavy (non-hydrogen) atoms. The molecule has 0 saturated heterocycles. The molecule has 2 nitrogen and oxygen atoms in total. The first-order valence-electron chi connectivity index (χ1n) is 3.34. The van der Waals surface area contributed by atoms with Crippen LogP contribution in [0.4, 0.5) is 0 Å². The van der Waals surface area contributed by atoms with E-state index in [0.717, 1.165) is 6.42 Å². The van der Waals surface area contributed by atoms with Crippen LogP contribution >= 0.6 is 0 Å². The highest BCUT2D eigenvalue weighted by atomic mass is 16.3. The molecule has 0 rings (SSSR count). The molecule has 0 aromatic carbocycles. The first-order valence-corrected chi connectivity index (χ1v) is 3.34. The summed E-state index contributed by atoms with van der Waals surface area (Å²) in [4.78, 5) is 0. The van der Waals surface area contributed by atoms with Gasteiger partial charge in [0.15, 0.2) is 0 Å². The third-order valence-corrected chi connectivity index (χ3v) is 1.08. The minimum absolute atomic E-state index is 0.354. The zero-order valence-electron chi connectivity index (χ0n) is 5.88. The summed E-state index contributed by atoms with van der Waals surface area (Å²) in [5.41, 5.74) is 5.17. The Balaban J connectivity index is 3.15.